The van der Waals surface area contributed by atoms with Crippen molar-refractivity contribution in [2.24, 2.45) is 5.14 Å². The zero-order valence-electron chi connectivity index (χ0n) is 12.2. The number of amides is 2. The maximum Gasteiger partial charge on any atom is 0.319 e. The Kier molecular flexibility index (Phi) is 4.81. The topological polar surface area (TPSA) is 162 Å². The van der Waals surface area contributed by atoms with E-state index in [4.69, 9.17) is 5.14 Å². The van der Waals surface area contributed by atoms with Gasteiger partial charge < -0.3 is 26.0 Å². The van der Waals surface area contributed by atoms with E-state index in [1.54, 1.807) is 0 Å². The molecule has 0 unspecified atom stereocenters. The molecule has 0 fully saturated rings. The van der Waals surface area contributed by atoms with Crippen LogP contribution in [0.1, 0.15) is 5.56 Å². The first-order valence-electron chi connectivity index (χ1n) is 6.58. The average molecular weight is 353 g/mol. The SMILES string of the molecule is NS(=O)(=O)c1ccc(CNC(=O)Nc2cc(O)c(O)c(O)c2)cc1. The first-order chi connectivity index (χ1) is 11.2. The third kappa shape index (κ3) is 4.27. The van der Waals surface area contributed by atoms with E-state index in [1.165, 1.54) is 24.3 Å². The van der Waals surface area contributed by atoms with E-state index in [0.717, 1.165) is 12.1 Å². The highest BCUT2D eigenvalue weighted by Crippen LogP contribution is 2.37. The van der Waals surface area contributed by atoms with Crippen molar-refractivity contribution in [3.8, 4) is 17.2 Å². The summed E-state index contributed by atoms with van der Waals surface area (Å²) in [6, 6.07) is 7.14. The minimum Gasteiger partial charge on any atom is -0.504 e. The second kappa shape index (κ2) is 6.64. The lowest BCUT2D eigenvalue weighted by Gasteiger charge is -2.10. The van der Waals surface area contributed by atoms with Crippen LogP contribution in [-0.4, -0.2) is 29.8 Å². The van der Waals surface area contributed by atoms with Crippen LogP contribution in [0.3, 0.4) is 0 Å². The van der Waals surface area contributed by atoms with E-state index in [1.807, 2.05) is 0 Å². The van der Waals surface area contributed by atoms with Crippen LogP contribution < -0.4 is 15.8 Å². The molecular weight excluding hydrogens is 338 g/mol. The van der Waals surface area contributed by atoms with Gasteiger partial charge >= 0.3 is 6.03 Å². The van der Waals surface area contributed by atoms with E-state index in [9.17, 15) is 28.5 Å². The van der Waals surface area contributed by atoms with Gasteiger partial charge in [-0.3, -0.25) is 0 Å². The van der Waals surface area contributed by atoms with Crippen molar-refractivity contribution < 1.29 is 28.5 Å². The summed E-state index contributed by atoms with van der Waals surface area (Å²) >= 11 is 0. The van der Waals surface area contributed by atoms with Crippen molar-refractivity contribution in [3.05, 3.63) is 42.0 Å². The number of hydrogen-bond donors (Lipinski definition) is 6. The lowest BCUT2D eigenvalue weighted by molar-refractivity contribution is 0.251. The lowest BCUT2D eigenvalue weighted by Crippen LogP contribution is -2.28. The highest BCUT2D eigenvalue weighted by atomic mass is 32.2. The summed E-state index contributed by atoms with van der Waals surface area (Å²) < 4.78 is 22.3. The van der Waals surface area contributed by atoms with E-state index in [2.05, 4.69) is 10.6 Å². The van der Waals surface area contributed by atoms with Gasteiger partial charge in [-0.05, 0) is 17.7 Å². The third-order valence-corrected chi connectivity index (χ3v) is 3.96. The number of phenols is 3. The van der Waals surface area contributed by atoms with Crippen molar-refractivity contribution in [2.75, 3.05) is 5.32 Å². The number of sulfonamides is 1. The fourth-order valence-corrected chi connectivity index (χ4v) is 2.35. The summed E-state index contributed by atoms with van der Waals surface area (Å²) in [7, 11) is -3.77. The number of primary sulfonamides is 1. The zero-order chi connectivity index (χ0) is 17.9. The Balaban J connectivity index is 1.96. The van der Waals surface area contributed by atoms with E-state index >= 15 is 0 Å². The van der Waals surface area contributed by atoms with Gasteiger partial charge in [0.1, 0.15) is 0 Å². The highest BCUT2D eigenvalue weighted by Gasteiger charge is 2.10. The van der Waals surface area contributed by atoms with Crippen LogP contribution in [0.15, 0.2) is 41.3 Å². The third-order valence-electron chi connectivity index (χ3n) is 3.03. The summed E-state index contributed by atoms with van der Waals surface area (Å²) in [5, 5.41) is 37.8. The Hall–Kier alpha value is -2.98. The van der Waals surface area contributed by atoms with Gasteiger partial charge in [-0.2, -0.15) is 0 Å². The minimum absolute atomic E-state index is 0.0363. The van der Waals surface area contributed by atoms with Gasteiger partial charge in [-0.25, -0.2) is 18.4 Å². The molecule has 0 heterocycles. The van der Waals surface area contributed by atoms with Crippen LogP contribution in [0.5, 0.6) is 17.2 Å². The van der Waals surface area contributed by atoms with Crippen molar-refractivity contribution in [1.29, 1.82) is 0 Å². The Bertz CT molecular complexity index is 842. The first kappa shape index (κ1) is 17.4. The Morgan fingerprint density at radius 2 is 1.58 bits per heavy atom. The molecule has 2 amide bonds. The van der Waals surface area contributed by atoms with Crippen molar-refractivity contribution in [3.63, 3.8) is 0 Å². The number of urea groups is 1. The number of nitrogens with one attached hydrogen (secondary N) is 2. The van der Waals surface area contributed by atoms with Gasteiger partial charge in [-0.1, -0.05) is 12.1 Å². The average Bonchev–Trinajstić information content (AvgIpc) is 2.50. The molecule has 10 heteroatoms. The van der Waals surface area contributed by atoms with E-state index in [-0.39, 0.29) is 17.1 Å². The summed E-state index contributed by atoms with van der Waals surface area (Å²) in [6.45, 7) is 0.104. The first-order valence-corrected chi connectivity index (χ1v) is 8.13. The number of rotatable bonds is 4. The number of nitrogens with two attached hydrogens (primary N) is 1. The van der Waals surface area contributed by atoms with Gasteiger partial charge in [0, 0.05) is 18.7 Å². The zero-order valence-corrected chi connectivity index (χ0v) is 13.0. The fraction of sp³-hybridized carbons (Fsp3) is 0.0714. The summed E-state index contributed by atoms with van der Waals surface area (Å²) in [5.74, 6) is -1.84. The molecule has 24 heavy (non-hydrogen) atoms. The molecule has 0 aliphatic rings. The number of phenolic OH excluding ortho intramolecular Hbond substituents is 3. The number of aromatic hydroxyl groups is 3. The van der Waals surface area contributed by atoms with Crippen LogP contribution >= 0.6 is 0 Å². The second-order valence-electron chi connectivity index (χ2n) is 4.86. The quantitative estimate of drug-likeness (QED) is 0.351. The minimum atomic E-state index is -3.77. The van der Waals surface area contributed by atoms with Crippen LogP contribution in [-0.2, 0) is 16.6 Å². The Labute approximate surface area is 137 Å². The fourth-order valence-electron chi connectivity index (χ4n) is 1.83. The summed E-state index contributed by atoms with van der Waals surface area (Å²) in [5.41, 5.74) is 0.707. The van der Waals surface area contributed by atoms with Gasteiger partial charge in [0.15, 0.2) is 17.2 Å². The summed E-state index contributed by atoms with van der Waals surface area (Å²) in [4.78, 5) is 11.7. The molecule has 2 aromatic rings. The predicted octanol–water partition coefficient (Wildman–Crippen LogP) is 0.772. The normalized spacial score (nSPS) is 11.0. The van der Waals surface area contributed by atoms with Gasteiger partial charge in [0.05, 0.1) is 10.6 Å². The Morgan fingerprint density at radius 3 is 2.08 bits per heavy atom. The number of benzene rings is 2. The molecule has 0 aliphatic carbocycles. The molecule has 128 valence electrons. The lowest BCUT2D eigenvalue weighted by atomic mass is 10.2. The van der Waals surface area contributed by atoms with Crippen LogP contribution in [0.2, 0.25) is 0 Å². The van der Waals surface area contributed by atoms with E-state index < -0.39 is 33.3 Å². The molecule has 0 aromatic heterocycles. The smallest absolute Gasteiger partial charge is 0.319 e. The maximum absolute atomic E-state index is 11.8. The predicted molar refractivity (Wildman–Crippen MR) is 85.1 cm³/mol. The van der Waals surface area contributed by atoms with Crippen molar-refractivity contribution in [2.45, 2.75) is 11.4 Å². The molecule has 0 saturated carbocycles. The molecule has 9 nitrogen and oxygen atoms in total. The second-order valence-corrected chi connectivity index (χ2v) is 6.42. The number of carbonyl (C=O) groups excluding carboxylic acids is 1. The maximum atomic E-state index is 11.8. The van der Waals surface area contributed by atoms with Gasteiger partial charge in [0.2, 0.25) is 10.0 Å². The standard InChI is InChI=1S/C14H15N3O6S/c15-24(22,23)10-3-1-8(2-4-10)7-16-14(21)17-9-5-11(18)13(20)12(19)6-9/h1-6,18-20H,7H2,(H2,15,22,23)(H2,16,17,21). The molecule has 0 radical (unpaired) electrons. The highest BCUT2D eigenvalue weighted by molar-refractivity contribution is 7.89. The van der Waals surface area contributed by atoms with Crippen LogP contribution in [0.4, 0.5) is 10.5 Å². The number of hydrogen-bond acceptors (Lipinski definition) is 6. The largest absolute Gasteiger partial charge is 0.504 e. The molecule has 2 aromatic carbocycles. The summed E-state index contributed by atoms with van der Waals surface area (Å²) in [6.07, 6.45) is 0. The van der Waals surface area contributed by atoms with Crippen molar-refractivity contribution in [1.82, 2.24) is 5.32 Å². The number of carbonyl (C=O) groups is 1. The van der Waals surface area contributed by atoms with Gasteiger partial charge in [0.25, 0.3) is 0 Å². The van der Waals surface area contributed by atoms with Crippen molar-refractivity contribution >= 4 is 21.7 Å². The molecule has 0 bridgehead atoms. The molecule has 0 spiro atoms. The van der Waals surface area contributed by atoms with Gasteiger partial charge in [-0.15, -0.1) is 0 Å². The molecule has 0 saturated heterocycles. The molecule has 0 atom stereocenters. The molecular formula is C14H15N3O6S. The van der Waals surface area contributed by atoms with E-state index in [0.29, 0.717) is 5.56 Å². The Morgan fingerprint density at radius 1 is 1.04 bits per heavy atom. The molecule has 0 aliphatic heterocycles. The monoisotopic (exact) mass is 353 g/mol. The van der Waals surface area contributed by atoms with Crippen LogP contribution in [0.25, 0.3) is 0 Å². The van der Waals surface area contributed by atoms with Crippen LogP contribution in [0, 0.1) is 0 Å². The molecule has 2 rings (SSSR count). The number of anilines is 1. The molecule has 7 N–H and O–H groups in total.